The standard InChI is InChI=1S/C17H23F3N2O2/c1-4-5-6-15(22-10-9-21-12(2)23)13-7-8-14(17(18,19)20)16(11-13)24-3/h7-8,11H,4-6,9-10H2,1-3H3,(H,21,23). The fourth-order valence-corrected chi connectivity index (χ4v) is 2.19. The van der Waals surface area contributed by atoms with E-state index in [1.54, 1.807) is 0 Å². The Morgan fingerprint density at radius 1 is 1.33 bits per heavy atom. The van der Waals surface area contributed by atoms with Gasteiger partial charge in [-0.15, -0.1) is 0 Å². The molecule has 1 aromatic rings. The molecule has 1 N–H and O–H groups in total. The van der Waals surface area contributed by atoms with Gasteiger partial charge in [0.05, 0.1) is 19.2 Å². The highest BCUT2D eigenvalue weighted by molar-refractivity contribution is 6.01. The number of halogens is 3. The SMILES string of the molecule is CCCCC(=NCCNC(C)=O)c1ccc(C(F)(F)F)c(OC)c1. The highest BCUT2D eigenvalue weighted by Crippen LogP contribution is 2.36. The van der Waals surface area contributed by atoms with E-state index in [4.69, 9.17) is 4.74 Å². The van der Waals surface area contributed by atoms with Crippen molar-refractivity contribution in [2.75, 3.05) is 20.2 Å². The summed E-state index contributed by atoms with van der Waals surface area (Å²) >= 11 is 0. The van der Waals surface area contributed by atoms with Crippen molar-refractivity contribution in [2.24, 2.45) is 4.99 Å². The molecule has 0 aliphatic rings. The van der Waals surface area contributed by atoms with Crippen molar-refractivity contribution >= 4 is 11.6 Å². The van der Waals surface area contributed by atoms with Crippen molar-refractivity contribution in [1.82, 2.24) is 5.32 Å². The second kappa shape index (κ2) is 9.30. The lowest BCUT2D eigenvalue weighted by Crippen LogP contribution is -2.23. The number of nitrogens with one attached hydrogen (secondary N) is 1. The minimum atomic E-state index is -4.46. The third-order valence-corrected chi connectivity index (χ3v) is 3.40. The maximum absolute atomic E-state index is 12.9. The Hall–Kier alpha value is -2.05. The number of benzene rings is 1. The normalized spacial score (nSPS) is 12.2. The van der Waals surface area contributed by atoms with E-state index in [0.717, 1.165) is 18.9 Å². The van der Waals surface area contributed by atoms with Crippen molar-refractivity contribution in [3.05, 3.63) is 29.3 Å². The maximum Gasteiger partial charge on any atom is 0.419 e. The first-order valence-electron chi connectivity index (χ1n) is 7.83. The molecule has 0 spiro atoms. The number of alkyl halides is 3. The van der Waals surface area contributed by atoms with Gasteiger partial charge in [-0.1, -0.05) is 19.4 Å². The number of hydrogen-bond acceptors (Lipinski definition) is 3. The summed E-state index contributed by atoms with van der Waals surface area (Å²) in [6, 6.07) is 3.80. The number of carbonyl (C=O) groups excluding carboxylic acids is 1. The van der Waals surface area contributed by atoms with Crippen LogP contribution < -0.4 is 10.1 Å². The number of aliphatic imine (C=N–C) groups is 1. The van der Waals surface area contributed by atoms with Gasteiger partial charge in [0.25, 0.3) is 0 Å². The molecule has 1 amide bonds. The van der Waals surface area contributed by atoms with E-state index in [2.05, 4.69) is 10.3 Å². The van der Waals surface area contributed by atoms with Gasteiger partial charge in [0.2, 0.25) is 5.91 Å². The van der Waals surface area contributed by atoms with Gasteiger partial charge in [0.15, 0.2) is 0 Å². The first-order valence-corrected chi connectivity index (χ1v) is 7.83. The molecule has 134 valence electrons. The van der Waals surface area contributed by atoms with Crippen molar-refractivity contribution in [2.45, 2.75) is 39.3 Å². The molecule has 4 nitrogen and oxygen atoms in total. The fraction of sp³-hybridized carbons (Fsp3) is 0.529. The quantitative estimate of drug-likeness (QED) is 0.576. The Kier molecular flexibility index (Phi) is 7.74. The average Bonchev–Trinajstić information content (AvgIpc) is 2.52. The summed E-state index contributed by atoms with van der Waals surface area (Å²) in [4.78, 5) is 15.3. The predicted molar refractivity (Wildman–Crippen MR) is 87.6 cm³/mol. The molecule has 0 bridgehead atoms. The third kappa shape index (κ3) is 6.22. The number of ether oxygens (including phenoxy) is 1. The Bertz CT molecular complexity index is 584. The van der Waals surface area contributed by atoms with Gasteiger partial charge in [-0.25, -0.2) is 0 Å². The van der Waals surface area contributed by atoms with E-state index in [1.165, 1.54) is 26.2 Å². The number of unbranched alkanes of at least 4 members (excludes halogenated alkanes) is 1. The van der Waals surface area contributed by atoms with Crippen LogP contribution in [0.5, 0.6) is 5.75 Å². The molecule has 0 aliphatic carbocycles. The van der Waals surface area contributed by atoms with Crippen LogP contribution in [0.1, 0.15) is 44.2 Å². The minimum Gasteiger partial charge on any atom is -0.496 e. The molecule has 1 aromatic carbocycles. The molecule has 0 fully saturated rings. The number of methoxy groups -OCH3 is 1. The summed E-state index contributed by atoms with van der Waals surface area (Å²) in [6.45, 7) is 4.22. The van der Waals surface area contributed by atoms with Crippen molar-refractivity contribution < 1.29 is 22.7 Å². The second-order valence-electron chi connectivity index (χ2n) is 5.33. The van der Waals surface area contributed by atoms with E-state index in [0.29, 0.717) is 30.8 Å². The topological polar surface area (TPSA) is 50.7 Å². The molecule has 0 unspecified atom stereocenters. The first kappa shape index (κ1) is 20.0. The lowest BCUT2D eigenvalue weighted by molar-refractivity contribution is -0.138. The van der Waals surface area contributed by atoms with Crippen LogP contribution in [0, 0.1) is 0 Å². The van der Waals surface area contributed by atoms with Crippen LogP contribution in [0.4, 0.5) is 13.2 Å². The minimum absolute atomic E-state index is 0.142. The Balaban J connectivity index is 3.04. The molecule has 0 atom stereocenters. The number of amides is 1. The van der Waals surface area contributed by atoms with E-state index in [1.807, 2.05) is 6.92 Å². The summed E-state index contributed by atoms with van der Waals surface area (Å²) in [5.41, 5.74) is 0.521. The van der Waals surface area contributed by atoms with Crippen LogP contribution in [0.15, 0.2) is 23.2 Å². The summed E-state index contributed by atoms with van der Waals surface area (Å²) in [5.74, 6) is -0.359. The molecule has 1 rings (SSSR count). The molecular weight excluding hydrogens is 321 g/mol. The van der Waals surface area contributed by atoms with Crippen LogP contribution in [0.3, 0.4) is 0 Å². The zero-order chi connectivity index (χ0) is 18.2. The smallest absolute Gasteiger partial charge is 0.419 e. The van der Waals surface area contributed by atoms with Crippen molar-refractivity contribution in [3.8, 4) is 5.75 Å². The second-order valence-corrected chi connectivity index (χ2v) is 5.33. The van der Waals surface area contributed by atoms with Gasteiger partial charge < -0.3 is 10.1 Å². The third-order valence-electron chi connectivity index (χ3n) is 3.40. The highest BCUT2D eigenvalue weighted by Gasteiger charge is 2.34. The summed E-state index contributed by atoms with van der Waals surface area (Å²) < 4.78 is 43.7. The molecular formula is C17H23F3N2O2. The van der Waals surface area contributed by atoms with Crippen LogP contribution in [0.25, 0.3) is 0 Å². The molecule has 0 saturated heterocycles. The van der Waals surface area contributed by atoms with Gasteiger partial charge in [0, 0.05) is 19.2 Å². The predicted octanol–water partition coefficient (Wildman–Crippen LogP) is 3.83. The number of nitrogens with zero attached hydrogens (tertiary/aromatic N) is 1. The molecule has 0 radical (unpaired) electrons. The van der Waals surface area contributed by atoms with E-state index < -0.39 is 11.7 Å². The highest BCUT2D eigenvalue weighted by atomic mass is 19.4. The summed E-state index contributed by atoms with van der Waals surface area (Å²) in [6.07, 6.45) is -1.98. The number of carbonyl (C=O) groups is 1. The maximum atomic E-state index is 12.9. The number of hydrogen-bond donors (Lipinski definition) is 1. The van der Waals surface area contributed by atoms with Gasteiger partial charge in [-0.2, -0.15) is 13.2 Å². The van der Waals surface area contributed by atoms with Gasteiger partial charge in [-0.3, -0.25) is 9.79 Å². The van der Waals surface area contributed by atoms with Gasteiger partial charge >= 0.3 is 6.18 Å². The van der Waals surface area contributed by atoms with E-state index in [-0.39, 0.29) is 11.7 Å². The molecule has 24 heavy (non-hydrogen) atoms. The Morgan fingerprint density at radius 3 is 2.58 bits per heavy atom. The lowest BCUT2D eigenvalue weighted by Gasteiger charge is -2.14. The average molecular weight is 344 g/mol. The summed E-state index contributed by atoms with van der Waals surface area (Å²) in [7, 11) is 1.22. The van der Waals surface area contributed by atoms with Gasteiger partial charge in [-0.05, 0) is 30.5 Å². The molecule has 7 heteroatoms. The Morgan fingerprint density at radius 2 is 2.04 bits per heavy atom. The monoisotopic (exact) mass is 344 g/mol. The lowest BCUT2D eigenvalue weighted by atomic mass is 10.0. The van der Waals surface area contributed by atoms with Crippen LogP contribution >= 0.6 is 0 Å². The Labute approximate surface area is 140 Å². The molecule has 0 aliphatic heterocycles. The molecule has 0 heterocycles. The molecule has 0 saturated carbocycles. The van der Waals surface area contributed by atoms with Crippen LogP contribution in [-0.4, -0.2) is 31.8 Å². The van der Waals surface area contributed by atoms with Gasteiger partial charge in [0.1, 0.15) is 5.75 Å². The largest absolute Gasteiger partial charge is 0.496 e. The zero-order valence-electron chi connectivity index (χ0n) is 14.2. The van der Waals surface area contributed by atoms with Crippen molar-refractivity contribution in [1.29, 1.82) is 0 Å². The van der Waals surface area contributed by atoms with Crippen molar-refractivity contribution in [3.63, 3.8) is 0 Å². The van der Waals surface area contributed by atoms with Crippen LogP contribution in [0.2, 0.25) is 0 Å². The van der Waals surface area contributed by atoms with Crippen LogP contribution in [-0.2, 0) is 11.0 Å². The van der Waals surface area contributed by atoms with E-state index in [9.17, 15) is 18.0 Å². The fourth-order valence-electron chi connectivity index (χ4n) is 2.19. The number of rotatable bonds is 8. The zero-order valence-corrected chi connectivity index (χ0v) is 14.2. The summed E-state index contributed by atoms with van der Waals surface area (Å²) in [5, 5.41) is 2.64. The first-order chi connectivity index (χ1) is 11.3. The molecule has 0 aromatic heterocycles. The van der Waals surface area contributed by atoms with E-state index >= 15 is 0 Å².